The fraction of sp³-hybridized carbons (Fsp3) is 0.333. The highest BCUT2D eigenvalue weighted by Crippen LogP contribution is 2.22. The number of pyridine rings is 1. The Bertz CT molecular complexity index is 705. The molecule has 2 aromatic rings. The normalized spacial score (nSPS) is 15.9. The quantitative estimate of drug-likeness (QED) is 0.580. The molecule has 1 aliphatic heterocycles. The molecule has 1 atom stereocenters. The van der Waals surface area contributed by atoms with Gasteiger partial charge in [-0.1, -0.05) is 24.3 Å². The number of carboxylic acids is 1. The Labute approximate surface area is 141 Å². The van der Waals surface area contributed by atoms with Crippen LogP contribution in [0.15, 0.2) is 42.6 Å². The Morgan fingerprint density at radius 2 is 2.17 bits per heavy atom. The summed E-state index contributed by atoms with van der Waals surface area (Å²) in [6, 6.07) is 12.0. The van der Waals surface area contributed by atoms with E-state index in [-0.39, 0.29) is 6.42 Å². The summed E-state index contributed by atoms with van der Waals surface area (Å²) in [5, 5.41) is 19.1. The molecule has 0 aliphatic carbocycles. The van der Waals surface area contributed by atoms with Crippen molar-refractivity contribution in [3.8, 4) is 0 Å². The molecule has 1 aromatic heterocycles. The molecule has 1 aromatic carbocycles. The van der Waals surface area contributed by atoms with Gasteiger partial charge in [-0.05, 0) is 36.2 Å². The maximum atomic E-state index is 10.8. The average molecular weight is 326 g/mol. The number of benzene rings is 1. The molecule has 0 amide bonds. The molecule has 24 heavy (non-hydrogen) atoms. The topological polar surface area (TPSA) is 86.3 Å². The summed E-state index contributed by atoms with van der Waals surface area (Å²) in [5.41, 5.74) is 3.05. The van der Waals surface area contributed by atoms with E-state index in [2.05, 4.69) is 20.9 Å². The molecule has 4 N–H and O–H groups in total. The number of rotatable bonds is 7. The summed E-state index contributed by atoms with van der Waals surface area (Å²) >= 11 is 0. The Morgan fingerprint density at radius 1 is 1.29 bits per heavy atom. The first-order valence-corrected chi connectivity index (χ1v) is 8.16. The molecular formula is C18H22N4O2. The molecule has 0 spiro atoms. The van der Waals surface area contributed by atoms with E-state index in [9.17, 15) is 4.79 Å². The summed E-state index contributed by atoms with van der Waals surface area (Å²) in [4.78, 5) is 15.1. The average Bonchev–Trinajstić information content (AvgIpc) is 2.58. The third-order valence-electron chi connectivity index (χ3n) is 4.02. The summed E-state index contributed by atoms with van der Waals surface area (Å²) < 4.78 is 0. The zero-order chi connectivity index (χ0) is 16.8. The molecule has 6 heteroatoms. The minimum Gasteiger partial charge on any atom is -0.481 e. The van der Waals surface area contributed by atoms with Crippen LogP contribution >= 0.6 is 0 Å². The van der Waals surface area contributed by atoms with E-state index in [1.165, 1.54) is 0 Å². The highest BCUT2D eigenvalue weighted by atomic mass is 16.4. The number of aliphatic carboxylic acids is 1. The number of nitrogens with one attached hydrogen (secondary N) is 3. The minimum atomic E-state index is -0.796. The predicted molar refractivity (Wildman–Crippen MR) is 94.5 cm³/mol. The van der Waals surface area contributed by atoms with Crippen molar-refractivity contribution in [1.29, 1.82) is 0 Å². The molecule has 6 nitrogen and oxygen atoms in total. The maximum Gasteiger partial charge on any atom is 0.307 e. The van der Waals surface area contributed by atoms with E-state index in [0.29, 0.717) is 6.04 Å². The van der Waals surface area contributed by atoms with Crippen LogP contribution in [0.25, 0.3) is 0 Å². The van der Waals surface area contributed by atoms with Crippen LogP contribution in [0.3, 0.4) is 0 Å². The second-order valence-corrected chi connectivity index (χ2v) is 5.97. The smallest absolute Gasteiger partial charge is 0.307 e. The fourth-order valence-electron chi connectivity index (χ4n) is 2.84. The SMILES string of the molecule is O=C(O)Cc1cccc(CCNC[C@H]2CNc3cccnc3N2)c1. The number of nitrogens with zero attached hydrogens (tertiary/aromatic N) is 1. The molecule has 0 radical (unpaired) electrons. The van der Waals surface area contributed by atoms with Crippen LogP contribution in [-0.2, 0) is 17.6 Å². The zero-order valence-electron chi connectivity index (χ0n) is 13.5. The van der Waals surface area contributed by atoms with E-state index in [0.717, 1.165) is 48.7 Å². The Kier molecular flexibility index (Phi) is 5.28. The van der Waals surface area contributed by atoms with Crippen LogP contribution in [0.1, 0.15) is 11.1 Å². The van der Waals surface area contributed by atoms with Crippen LogP contribution in [0.4, 0.5) is 11.5 Å². The first kappa shape index (κ1) is 16.3. The number of carbonyl (C=O) groups is 1. The van der Waals surface area contributed by atoms with Crippen molar-refractivity contribution in [2.75, 3.05) is 30.3 Å². The van der Waals surface area contributed by atoms with Gasteiger partial charge in [0.2, 0.25) is 0 Å². The van der Waals surface area contributed by atoms with Crippen LogP contribution in [0.5, 0.6) is 0 Å². The Hall–Kier alpha value is -2.60. The second kappa shape index (κ2) is 7.79. The van der Waals surface area contributed by atoms with Crippen LogP contribution < -0.4 is 16.0 Å². The molecule has 126 valence electrons. The second-order valence-electron chi connectivity index (χ2n) is 5.97. The van der Waals surface area contributed by atoms with Gasteiger partial charge in [0.25, 0.3) is 0 Å². The van der Waals surface area contributed by atoms with Gasteiger partial charge in [0.1, 0.15) is 5.82 Å². The lowest BCUT2D eigenvalue weighted by Crippen LogP contribution is -2.41. The van der Waals surface area contributed by atoms with Crippen LogP contribution in [-0.4, -0.2) is 41.7 Å². The molecule has 0 saturated heterocycles. The molecule has 1 aliphatic rings. The van der Waals surface area contributed by atoms with Crippen LogP contribution in [0.2, 0.25) is 0 Å². The predicted octanol–water partition coefficient (Wildman–Crippen LogP) is 1.75. The third kappa shape index (κ3) is 4.45. The molecule has 3 rings (SSSR count). The monoisotopic (exact) mass is 326 g/mol. The fourth-order valence-corrected chi connectivity index (χ4v) is 2.84. The largest absolute Gasteiger partial charge is 0.481 e. The van der Waals surface area contributed by atoms with Gasteiger partial charge in [0.15, 0.2) is 0 Å². The van der Waals surface area contributed by atoms with Crippen molar-refractivity contribution in [3.63, 3.8) is 0 Å². The first-order valence-electron chi connectivity index (χ1n) is 8.16. The number of aromatic nitrogens is 1. The molecule has 0 unspecified atom stereocenters. The van der Waals surface area contributed by atoms with E-state index in [1.807, 2.05) is 36.4 Å². The number of hydrogen-bond acceptors (Lipinski definition) is 5. The summed E-state index contributed by atoms with van der Waals surface area (Å²) in [7, 11) is 0. The number of anilines is 2. The molecular weight excluding hydrogens is 304 g/mol. The molecule has 0 bridgehead atoms. The van der Waals surface area contributed by atoms with E-state index in [1.54, 1.807) is 6.20 Å². The lowest BCUT2D eigenvalue weighted by atomic mass is 10.1. The van der Waals surface area contributed by atoms with Crippen molar-refractivity contribution in [3.05, 3.63) is 53.7 Å². The number of fused-ring (bicyclic) bond motifs is 1. The highest BCUT2D eigenvalue weighted by molar-refractivity contribution is 5.70. The van der Waals surface area contributed by atoms with Crippen LogP contribution in [0, 0.1) is 0 Å². The van der Waals surface area contributed by atoms with Gasteiger partial charge in [0.05, 0.1) is 18.2 Å². The van der Waals surface area contributed by atoms with Gasteiger partial charge in [0, 0.05) is 19.3 Å². The highest BCUT2D eigenvalue weighted by Gasteiger charge is 2.16. The van der Waals surface area contributed by atoms with Gasteiger partial charge < -0.3 is 21.1 Å². The Morgan fingerprint density at radius 3 is 3.04 bits per heavy atom. The van der Waals surface area contributed by atoms with Gasteiger partial charge in [-0.2, -0.15) is 0 Å². The maximum absolute atomic E-state index is 10.8. The third-order valence-corrected chi connectivity index (χ3v) is 4.02. The van der Waals surface area contributed by atoms with E-state index in [4.69, 9.17) is 5.11 Å². The standard InChI is InChI=1S/C18H22N4O2/c23-17(24)10-14-4-1-3-13(9-14)6-8-19-11-15-12-21-16-5-2-7-20-18(16)22-15/h1-5,7,9,15,19,21H,6,8,10-12H2,(H,20,22)(H,23,24)/t15-/m0/s1. The zero-order valence-corrected chi connectivity index (χ0v) is 13.5. The lowest BCUT2D eigenvalue weighted by molar-refractivity contribution is -0.136. The number of hydrogen-bond donors (Lipinski definition) is 4. The van der Waals surface area contributed by atoms with Gasteiger partial charge in [-0.3, -0.25) is 4.79 Å². The molecule has 0 fully saturated rings. The Balaban J connectivity index is 1.42. The van der Waals surface area contributed by atoms with Gasteiger partial charge >= 0.3 is 5.97 Å². The van der Waals surface area contributed by atoms with E-state index < -0.39 is 5.97 Å². The lowest BCUT2D eigenvalue weighted by Gasteiger charge is -2.27. The molecule has 2 heterocycles. The van der Waals surface area contributed by atoms with Crippen molar-refractivity contribution < 1.29 is 9.90 Å². The van der Waals surface area contributed by atoms with Gasteiger partial charge in [-0.25, -0.2) is 4.98 Å². The van der Waals surface area contributed by atoms with Crippen molar-refractivity contribution in [1.82, 2.24) is 10.3 Å². The molecule has 0 saturated carbocycles. The summed E-state index contributed by atoms with van der Waals surface area (Å²) in [6.45, 7) is 2.56. The van der Waals surface area contributed by atoms with Crippen molar-refractivity contribution in [2.24, 2.45) is 0 Å². The van der Waals surface area contributed by atoms with Gasteiger partial charge in [-0.15, -0.1) is 0 Å². The van der Waals surface area contributed by atoms with Crippen molar-refractivity contribution in [2.45, 2.75) is 18.9 Å². The number of carboxylic acid groups (broad SMARTS) is 1. The summed E-state index contributed by atoms with van der Waals surface area (Å²) in [5.74, 6) is 0.104. The first-order chi connectivity index (χ1) is 11.7. The van der Waals surface area contributed by atoms with Crippen molar-refractivity contribution >= 4 is 17.5 Å². The summed E-state index contributed by atoms with van der Waals surface area (Å²) in [6.07, 6.45) is 2.74. The van der Waals surface area contributed by atoms with E-state index >= 15 is 0 Å². The minimum absolute atomic E-state index is 0.0747.